The Balaban J connectivity index is 1.35. The molecule has 4 rings (SSSR count). The standard InChI is InChI=1S/C25H28N2O6/c28-15-25(9-10-25)11-12-26-23(31)21(13-22(29)30)27-24(32)33-14-20-18-7-3-1-5-16(18)17-6-2-4-8-19(17)20/h1-8,20-21,28H,9-15H2,(H,26,31)(H,27,32)(H,29,30). The van der Waals surface area contributed by atoms with Gasteiger partial charge in [-0.05, 0) is 46.9 Å². The molecule has 2 amide bonds. The molecule has 33 heavy (non-hydrogen) atoms. The molecule has 0 radical (unpaired) electrons. The van der Waals surface area contributed by atoms with Gasteiger partial charge in [0, 0.05) is 19.1 Å². The number of carbonyl (C=O) groups is 3. The summed E-state index contributed by atoms with van der Waals surface area (Å²) < 4.78 is 5.43. The molecule has 0 aromatic heterocycles. The van der Waals surface area contributed by atoms with Crippen molar-refractivity contribution in [1.82, 2.24) is 10.6 Å². The minimum atomic E-state index is -1.25. The predicted molar refractivity (Wildman–Crippen MR) is 121 cm³/mol. The summed E-state index contributed by atoms with van der Waals surface area (Å²) in [6.45, 7) is 0.446. The van der Waals surface area contributed by atoms with Gasteiger partial charge in [-0.15, -0.1) is 0 Å². The minimum absolute atomic E-state index is 0.0689. The molecular weight excluding hydrogens is 424 g/mol. The first-order chi connectivity index (χ1) is 15.9. The minimum Gasteiger partial charge on any atom is -0.481 e. The number of aliphatic hydroxyl groups is 1. The second-order valence-electron chi connectivity index (χ2n) is 8.82. The van der Waals surface area contributed by atoms with Crippen molar-refractivity contribution in [3.8, 4) is 11.1 Å². The van der Waals surface area contributed by atoms with Crippen LogP contribution in [0.3, 0.4) is 0 Å². The first-order valence-electron chi connectivity index (χ1n) is 11.1. The number of amides is 2. The molecule has 1 saturated carbocycles. The molecule has 0 bridgehead atoms. The molecule has 2 aromatic carbocycles. The van der Waals surface area contributed by atoms with Crippen molar-refractivity contribution >= 4 is 18.0 Å². The van der Waals surface area contributed by atoms with E-state index in [1.165, 1.54) is 0 Å². The number of benzene rings is 2. The fourth-order valence-electron chi connectivity index (χ4n) is 4.40. The third-order valence-corrected chi connectivity index (χ3v) is 6.58. The van der Waals surface area contributed by atoms with Crippen LogP contribution in [0, 0.1) is 5.41 Å². The van der Waals surface area contributed by atoms with Crippen molar-refractivity contribution in [3.05, 3.63) is 59.7 Å². The SMILES string of the molecule is O=C(O)CC(NC(=O)OCC1c2ccccc2-c2ccccc21)C(=O)NCCC1(CO)CC1. The van der Waals surface area contributed by atoms with Gasteiger partial charge >= 0.3 is 12.1 Å². The number of alkyl carbamates (subject to hydrolysis) is 1. The number of hydrogen-bond donors (Lipinski definition) is 4. The Hall–Kier alpha value is -3.39. The Kier molecular flexibility index (Phi) is 6.65. The molecule has 4 N–H and O–H groups in total. The van der Waals surface area contributed by atoms with Gasteiger partial charge < -0.3 is 25.6 Å². The van der Waals surface area contributed by atoms with E-state index in [1.54, 1.807) is 0 Å². The van der Waals surface area contributed by atoms with E-state index in [-0.39, 0.29) is 24.5 Å². The van der Waals surface area contributed by atoms with Gasteiger partial charge in [0.2, 0.25) is 5.91 Å². The van der Waals surface area contributed by atoms with Gasteiger partial charge in [-0.2, -0.15) is 0 Å². The van der Waals surface area contributed by atoms with Crippen LogP contribution < -0.4 is 10.6 Å². The summed E-state index contributed by atoms with van der Waals surface area (Å²) in [4.78, 5) is 36.2. The van der Waals surface area contributed by atoms with Crippen LogP contribution in [-0.4, -0.2) is 54.0 Å². The Bertz CT molecular complexity index is 1000. The van der Waals surface area contributed by atoms with Crippen LogP contribution in [0.2, 0.25) is 0 Å². The quantitative estimate of drug-likeness (QED) is 0.439. The van der Waals surface area contributed by atoms with Crippen LogP contribution >= 0.6 is 0 Å². The molecular formula is C25H28N2O6. The number of ether oxygens (including phenoxy) is 1. The zero-order chi connectivity index (χ0) is 23.4. The fourth-order valence-corrected chi connectivity index (χ4v) is 4.40. The molecule has 1 unspecified atom stereocenters. The summed E-state index contributed by atoms with van der Waals surface area (Å²) in [5.74, 6) is -1.93. The van der Waals surface area contributed by atoms with E-state index < -0.39 is 30.4 Å². The number of rotatable bonds is 10. The number of aliphatic hydroxyl groups excluding tert-OH is 1. The number of aliphatic carboxylic acids is 1. The lowest BCUT2D eigenvalue weighted by Gasteiger charge is -2.19. The second kappa shape index (κ2) is 9.62. The second-order valence-corrected chi connectivity index (χ2v) is 8.82. The molecule has 2 aromatic rings. The monoisotopic (exact) mass is 452 g/mol. The maximum atomic E-state index is 12.5. The fraction of sp³-hybridized carbons (Fsp3) is 0.400. The summed E-state index contributed by atoms with van der Waals surface area (Å²) in [6.07, 6.45) is 1.04. The van der Waals surface area contributed by atoms with E-state index in [9.17, 15) is 19.5 Å². The van der Waals surface area contributed by atoms with Crippen molar-refractivity contribution < 1.29 is 29.3 Å². The van der Waals surface area contributed by atoms with E-state index in [4.69, 9.17) is 9.84 Å². The summed E-state index contributed by atoms with van der Waals surface area (Å²) in [5.41, 5.74) is 4.19. The van der Waals surface area contributed by atoms with Gasteiger partial charge in [0.25, 0.3) is 0 Å². The zero-order valence-electron chi connectivity index (χ0n) is 18.3. The van der Waals surface area contributed by atoms with Crippen LogP contribution in [0.4, 0.5) is 4.79 Å². The highest BCUT2D eigenvalue weighted by Crippen LogP contribution is 2.48. The molecule has 1 fully saturated rings. The molecule has 1 atom stereocenters. The summed E-state index contributed by atoms with van der Waals surface area (Å²) in [5, 5.41) is 23.6. The van der Waals surface area contributed by atoms with E-state index in [1.807, 2.05) is 48.5 Å². The van der Waals surface area contributed by atoms with E-state index in [2.05, 4.69) is 10.6 Å². The molecule has 8 heteroatoms. The molecule has 8 nitrogen and oxygen atoms in total. The smallest absolute Gasteiger partial charge is 0.407 e. The van der Waals surface area contributed by atoms with E-state index in [0.717, 1.165) is 35.1 Å². The summed E-state index contributed by atoms with van der Waals surface area (Å²) in [6, 6.07) is 14.6. The van der Waals surface area contributed by atoms with Crippen molar-refractivity contribution in [1.29, 1.82) is 0 Å². The maximum Gasteiger partial charge on any atom is 0.407 e. The highest BCUT2D eigenvalue weighted by molar-refractivity contribution is 5.89. The van der Waals surface area contributed by atoms with Crippen molar-refractivity contribution in [2.24, 2.45) is 5.41 Å². The Morgan fingerprint density at radius 1 is 1.03 bits per heavy atom. The van der Waals surface area contributed by atoms with Gasteiger partial charge in [-0.25, -0.2) is 4.79 Å². The van der Waals surface area contributed by atoms with E-state index >= 15 is 0 Å². The van der Waals surface area contributed by atoms with Crippen LogP contribution in [-0.2, 0) is 14.3 Å². The first kappa shape index (κ1) is 22.8. The molecule has 0 heterocycles. The summed E-state index contributed by atoms with van der Waals surface area (Å²) >= 11 is 0. The molecule has 0 spiro atoms. The first-order valence-corrected chi connectivity index (χ1v) is 11.1. The molecule has 0 saturated heterocycles. The molecule has 174 valence electrons. The lowest BCUT2D eigenvalue weighted by molar-refractivity contribution is -0.139. The molecule has 2 aliphatic carbocycles. The van der Waals surface area contributed by atoms with E-state index in [0.29, 0.717) is 13.0 Å². The van der Waals surface area contributed by atoms with Gasteiger partial charge in [-0.3, -0.25) is 9.59 Å². The highest BCUT2D eigenvalue weighted by atomic mass is 16.5. The molecule has 0 aliphatic heterocycles. The van der Waals surface area contributed by atoms with Crippen LogP contribution in [0.1, 0.15) is 42.7 Å². The highest BCUT2D eigenvalue weighted by Gasteiger charge is 2.41. The number of carboxylic acids is 1. The summed E-state index contributed by atoms with van der Waals surface area (Å²) in [7, 11) is 0. The topological polar surface area (TPSA) is 125 Å². The average Bonchev–Trinajstić information content (AvgIpc) is 3.52. The van der Waals surface area contributed by atoms with Crippen molar-refractivity contribution in [2.75, 3.05) is 19.8 Å². The van der Waals surface area contributed by atoms with Crippen LogP contribution in [0.15, 0.2) is 48.5 Å². The van der Waals surface area contributed by atoms with Gasteiger partial charge in [0.05, 0.1) is 6.42 Å². The largest absolute Gasteiger partial charge is 0.481 e. The van der Waals surface area contributed by atoms with Crippen molar-refractivity contribution in [2.45, 2.75) is 37.6 Å². The predicted octanol–water partition coefficient (Wildman–Crippen LogP) is 2.65. The Morgan fingerprint density at radius 3 is 2.18 bits per heavy atom. The normalized spacial score (nSPS) is 16.3. The average molecular weight is 453 g/mol. The number of nitrogens with one attached hydrogen (secondary N) is 2. The lowest BCUT2D eigenvalue weighted by Crippen LogP contribution is -2.48. The number of carboxylic acid groups (broad SMARTS) is 1. The maximum absolute atomic E-state index is 12.5. The van der Waals surface area contributed by atoms with Gasteiger partial charge in [0.15, 0.2) is 0 Å². The third-order valence-electron chi connectivity index (χ3n) is 6.58. The van der Waals surface area contributed by atoms with Crippen LogP contribution in [0.5, 0.6) is 0 Å². The van der Waals surface area contributed by atoms with Crippen LogP contribution in [0.25, 0.3) is 11.1 Å². The Labute approximate surface area is 192 Å². The van der Waals surface area contributed by atoms with Crippen molar-refractivity contribution in [3.63, 3.8) is 0 Å². The number of fused-ring (bicyclic) bond motifs is 3. The third kappa shape index (κ3) is 5.17. The number of hydrogen-bond acceptors (Lipinski definition) is 5. The lowest BCUT2D eigenvalue weighted by atomic mass is 9.98. The Morgan fingerprint density at radius 2 is 1.64 bits per heavy atom. The van der Waals surface area contributed by atoms with Gasteiger partial charge in [0.1, 0.15) is 12.6 Å². The number of carbonyl (C=O) groups excluding carboxylic acids is 2. The van der Waals surface area contributed by atoms with Gasteiger partial charge in [-0.1, -0.05) is 48.5 Å². The zero-order valence-corrected chi connectivity index (χ0v) is 18.3. The molecule has 2 aliphatic rings.